The molecule has 7 nitrogen and oxygen atoms in total. The van der Waals surface area contributed by atoms with E-state index in [0.717, 1.165) is 11.3 Å². The summed E-state index contributed by atoms with van der Waals surface area (Å²) < 4.78 is 10.2. The highest BCUT2D eigenvalue weighted by Gasteiger charge is 2.36. The van der Waals surface area contributed by atoms with Crippen molar-refractivity contribution in [2.45, 2.75) is 19.9 Å². The first-order chi connectivity index (χ1) is 14.0. The fraction of sp³-hybridized carbons (Fsp3) is 0.318. The molecule has 0 spiro atoms. The largest absolute Gasteiger partial charge is 0.497 e. The van der Waals surface area contributed by atoms with Gasteiger partial charge in [0.2, 0.25) is 11.8 Å². The van der Waals surface area contributed by atoms with Crippen LogP contribution in [0, 0.1) is 5.92 Å². The minimum Gasteiger partial charge on any atom is -0.497 e. The first kappa shape index (κ1) is 20.4. The number of nitrogens with zero attached hydrogens (tertiary/aromatic N) is 1. The summed E-state index contributed by atoms with van der Waals surface area (Å²) in [6.07, 6.45) is 0.103. The van der Waals surface area contributed by atoms with Gasteiger partial charge in [-0.1, -0.05) is 24.3 Å². The van der Waals surface area contributed by atoms with Crippen molar-refractivity contribution in [3.05, 3.63) is 59.7 Å². The maximum absolute atomic E-state index is 12.6. The number of benzene rings is 2. The van der Waals surface area contributed by atoms with E-state index in [4.69, 9.17) is 9.47 Å². The van der Waals surface area contributed by atoms with Crippen molar-refractivity contribution in [1.29, 1.82) is 0 Å². The van der Waals surface area contributed by atoms with Crippen LogP contribution >= 0.6 is 0 Å². The van der Waals surface area contributed by atoms with Gasteiger partial charge >= 0.3 is 5.97 Å². The average Bonchev–Trinajstić information content (AvgIpc) is 3.14. The Morgan fingerprint density at radius 3 is 2.55 bits per heavy atom. The minimum absolute atomic E-state index is 0.103. The van der Waals surface area contributed by atoms with Gasteiger partial charge in [-0.2, -0.15) is 0 Å². The van der Waals surface area contributed by atoms with Gasteiger partial charge in [-0.25, -0.2) is 4.79 Å². The number of nitrogens with one attached hydrogen (secondary N) is 1. The summed E-state index contributed by atoms with van der Waals surface area (Å²) in [6, 6.07) is 14.2. The van der Waals surface area contributed by atoms with E-state index in [0.29, 0.717) is 17.8 Å². The Kier molecular flexibility index (Phi) is 6.49. The van der Waals surface area contributed by atoms with Crippen molar-refractivity contribution in [2.75, 3.05) is 25.2 Å². The van der Waals surface area contributed by atoms with Crippen molar-refractivity contribution in [2.24, 2.45) is 5.92 Å². The molecule has 2 aromatic rings. The normalized spacial score (nSPS) is 15.9. The molecule has 1 aliphatic rings. The van der Waals surface area contributed by atoms with Crippen LogP contribution in [0.5, 0.6) is 5.75 Å². The lowest BCUT2D eigenvalue weighted by atomic mass is 10.1. The summed E-state index contributed by atoms with van der Waals surface area (Å²) in [4.78, 5) is 38.8. The van der Waals surface area contributed by atoms with E-state index in [-0.39, 0.29) is 31.4 Å². The lowest BCUT2D eigenvalue weighted by Crippen LogP contribution is -2.33. The van der Waals surface area contributed by atoms with E-state index in [9.17, 15) is 14.4 Å². The number of hydrogen-bond donors (Lipinski definition) is 1. The number of carbonyl (C=O) groups excluding carboxylic acids is 3. The number of hydrogen-bond acceptors (Lipinski definition) is 5. The summed E-state index contributed by atoms with van der Waals surface area (Å²) >= 11 is 0. The van der Waals surface area contributed by atoms with Gasteiger partial charge in [0.05, 0.1) is 30.9 Å². The first-order valence-electron chi connectivity index (χ1n) is 9.50. The lowest BCUT2D eigenvalue weighted by molar-refractivity contribution is -0.126. The van der Waals surface area contributed by atoms with E-state index in [1.165, 1.54) is 4.90 Å². The zero-order valence-electron chi connectivity index (χ0n) is 16.5. The molecule has 1 N–H and O–H groups in total. The monoisotopic (exact) mass is 396 g/mol. The second-order valence-electron chi connectivity index (χ2n) is 6.71. The molecule has 2 amide bonds. The van der Waals surface area contributed by atoms with Crippen LogP contribution in [0.3, 0.4) is 0 Å². The highest BCUT2D eigenvalue weighted by Crippen LogP contribution is 2.29. The summed E-state index contributed by atoms with van der Waals surface area (Å²) in [5, 5.41) is 2.88. The number of para-hydroxylation sites is 1. The molecule has 0 aromatic heterocycles. The summed E-state index contributed by atoms with van der Waals surface area (Å²) in [5.74, 6) is -0.590. The van der Waals surface area contributed by atoms with E-state index in [1.807, 2.05) is 24.3 Å². The average molecular weight is 396 g/mol. The van der Waals surface area contributed by atoms with Crippen molar-refractivity contribution in [1.82, 2.24) is 5.32 Å². The molecule has 1 aliphatic heterocycles. The van der Waals surface area contributed by atoms with Crippen LogP contribution in [0.1, 0.15) is 29.3 Å². The van der Waals surface area contributed by atoms with Crippen LogP contribution in [0.15, 0.2) is 48.5 Å². The van der Waals surface area contributed by atoms with E-state index in [1.54, 1.807) is 38.3 Å². The fourth-order valence-electron chi connectivity index (χ4n) is 3.28. The molecule has 0 aliphatic carbocycles. The Labute approximate surface area is 169 Å². The third-order valence-electron chi connectivity index (χ3n) is 4.81. The number of methoxy groups -OCH3 is 1. The number of esters is 1. The number of ether oxygens (including phenoxy) is 2. The van der Waals surface area contributed by atoms with Gasteiger partial charge in [-0.3, -0.25) is 9.59 Å². The Hall–Kier alpha value is -3.35. The first-order valence-corrected chi connectivity index (χ1v) is 9.50. The molecule has 0 radical (unpaired) electrons. The summed E-state index contributed by atoms with van der Waals surface area (Å²) in [7, 11) is 1.60. The van der Waals surface area contributed by atoms with Gasteiger partial charge in [0.1, 0.15) is 5.75 Å². The summed E-state index contributed by atoms with van der Waals surface area (Å²) in [5.41, 5.74) is 1.73. The van der Waals surface area contributed by atoms with E-state index < -0.39 is 11.9 Å². The molecule has 1 saturated heterocycles. The smallest absolute Gasteiger partial charge is 0.340 e. The topological polar surface area (TPSA) is 84.9 Å². The Balaban J connectivity index is 1.65. The minimum atomic E-state index is -0.483. The molecule has 1 fully saturated rings. The number of anilines is 1. The highest BCUT2D eigenvalue weighted by molar-refractivity contribution is 6.05. The van der Waals surface area contributed by atoms with E-state index >= 15 is 0 Å². The second kappa shape index (κ2) is 9.23. The second-order valence-corrected chi connectivity index (χ2v) is 6.71. The Bertz CT molecular complexity index is 894. The quantitative estimate of drug-likeness (QED) is 0.727. The standard InChI is InChI=1S/C22H24N2O5/c1-3-29-22(27)18-6-4-5-7-19(18)24-14-16(12-20(24)25)21(26)23-13-15-8-10-17(28-2)11-9-15/h4-11,16H,3,12-14H2,1-2H3,(H,23,26). The zero-order valence-corrected chi connectivity index (χ0v) is 16.5. The molecule has 3 rings (SSSR count). The predicted octanol–water partition coefficient (Wildman–Crippen LogP) is 2.54. The number of amides is 2. The van der Waals surface area contributed by atoms with Gasteiger partial charge in [0.25, 0.3) is 0 Å². The van der Waals surface area contributed by atoms with Crippen LogP contribution in [0.2, 0.25) is 0 Å². The third kappa shape index (κ3) is 4.74. The number of carbonyl (C=O) groups is 3. The van der Waals surface area contributed by atoms with Crippen molar-refractivity contribution in [3.63, 3.8) is 0 Å². The van der Waals surface area contributed by atoms with Crippen LogP contribution in [0.4, 0.5) is 5.69 Å². The molecule has 1 atom stereocenters. The molecule has 0 bridgehead atoms. The van der Waals surface area contributed by atoms with Gasteiger partial charge in [0.15, 0.2) is 0 Å². The lowest BCUT2D eigenvalue weighted by Gasteiger charge is -2.19. The van der Waals surface area contributed by atoms with Gasteiger partial charge in [0, 0.05) is 19.5 Å². The molecular formula is C22H24N2O5. The van der Waals surface area contributed by atoms with Crippen LogP contribution in [-0.4, -0.2) is 38.0 Å². The van der Waals surface area contributed by atoms with Gasteiger partial charge in [-0.05, 0) is 36.8 Å². The SMILES string of the molecule is CCOC(=O)c1ccccc1N1CC(C(=O)NCc2ccc(OC)cc2)CC1=O. The van der Waals surface area contributed by atoms with Gasteiger partial charge in [-0.15, -0.1) is 0 Å². The fourth-order valence-corrected chi connectivity index (χ4v) is 3.28. The summed E-state index contributed by atoms with van der Waals surface area (Å²) in [6.45, 7) is 2.57. The highest BCUT2D eigenvalue weighted by atomic mass is 16.5. The van der Waals surface area contributed by atoms with Gasteiger partial charge < -0.3 is 19.7 Å². The Morgan fingerprint density at radius 2 is 1.86 bits per heavy atom. The molecule has 0 saturated carbocycles. The molecule has 1 unspecified atom stereocenters. The maximum Gasteiger partial charge on any atom is 0.340 e. The molecule has 152 valence electrons. The number of rotatable bonds is 7. The zero-order chi connectivity index (χ0) is 20.8. The van der Waals surface area contributed by atoms with Crippen molar-refractivity contribution in [3.8, 4) is 5.75 Å². The van der Waals surface area contributed by atoms with Crippen LogP contribution < -0.4 is 15.0 Å². The third-order valence-corrected chi connectivity index (χ3v) is 4.81. The molecule has 29 heavy (non-hydrogen) atoms. The van der Waals surface area contributed by atoms with Crippen LogP contribution in [-0.2, 0) is 20.9 Å². The van der Waals surface area contributed by atoms with Crippen molar-refractivity contribution < 1.29 is 23.9 Å². The Morgan fingerprint density at radius 1 is 1.14 bits per heavy atom. The molecular weight excluding hydrogens is 372 g/mol. The van der Waals surface area contributed by atoms with E-state index in [2.05, 4.69) is 5.32 Å². The molecule has 1 heterocycles. The van der Waals surface area contributed by atoms with Crippen molar-refractivity contribution >= 4 is 23.5 Å². The van der Waals surface area contributed by atoms with Crippen LogP contribution in [0.25, 0.3) is 0 Å². The maximum atomic E-state index is 12.6. The molecule has 2 aromatic carbocycles. The predicted molar refractivity (Wildman–Crippen MR) is 108 cm³/mol. The molecule has 7 heteroatoms.